The van der Waals surface area contributed by atoms with Gasteiger partial charge in [0.25, 0.3) is 0 Å². The van der Waals surface area contributed by atoms with Gasteiger partial charge >= 0.3 is 0 Å². The zero-order valence-corrected chi connectivity index (χ0v) is 19.0. The van der Waals surface area contributed by atoms with E-state index in [1.54, 1.807) is 12.1 Å². The van der Waals surface area contributed by atoms with Gasteiger partial charge in [-0.3, -0.25) is 0 Å². The van der Waals surface area contributed by atoms with Crippen molar-refractivity contribution in [3.8, 4) is 11.1 Å². The second-order valence-electron chi connectivity index (χ2n) is 7.60. The van der Waals surface area contributed by atoms with Crippen LogP contribution in [0.2, 0.25) is 0 Å². The van der Waals surface area contributed by atoms with Crippen LogP contribution in [-0.2, 0) is 21.1 Å². The molecule has 3 aromatic heterocycles. The molecule has 8 bridgehead atoms. The molecule has 2 N–H and O–H groups in total. The Hall–Kier alpha value is -3.56. The summed E-state index contributed by atoms with van der Waals surface area (Å²) in [5.74, 6) is -0.264. The Kier molecular flexibility index (Phi) is 5.20. The summed E-state index contributed by atoms with van der Waals surface area (Å²) in [4.78, 5) is 16.2. The molecule has 158 valence electrons. The molecule has 2 aliphatic heterocycles. The molecule has 32 heavy (non-hydrogen) atoms. The first-order chi connectivity index (χ1) is 15.2. The minimum Gasteiger partial charge on any atom is -0.355 e. The van der Waals surface area contributed by atoms with Crippen molar-refractivity contribution in [2.24, 2.45) is 0 Å². The number of nitrogens with one attached hydrogen (secondary N) is 2. The standard InChI is InChI=1S/C26H17FN4.Pt/c27-17-3-1-2-16(10-17)25-14-24-13-22-7-6-20(29-22)11-18-4-5-19(28-18)12-21-8-9-23(30-21)15-26(25)31-24;/h1-15,28,31H;. The number of benzene rings is 1. The quantitative estimate of drug-likeness (QED) is 0.228. The molecule has 0 unspecified atom stereocenters. The molecule has 0 saturated heterocycles. The normalized spacial score (nSPS) is 12.0. The molecular formula is C26H17FN4Pt. The van der Waals surface area contributed by atoms with E-state index in [4.69, 9.17) is 9.97 Å². The Morgan fingerprint density at radius 2 is 1.19 bits per heavy atom. The van der Waals surface area contributed by atoms with Crippen molar-refractivity contribution >= 4 is 46.4 Å². The van der Waals surface area contributed by atoms with Crippen LogP contribution < -0.4 is 0 Å². The van der Waals surface area contributed by atoms with Gasteiger partial charge in [-0.15, -0.1) is 0 Å². The van der Waals surface area contributed by atoms with Crippen molar-refractivity contribution in [2.45, 2.75) is 0 Å². The fourth-order valence-corrected chi connectivity index (χ4v) is 3.91. The molecule has 6 rings (SSSR count). The van der Waals surface area contributed by atoms with Crippen molar-refractivity contribution in [3.63, 3.8) is 0 Å². The number of aromatic nitrogens is 4. The van der Waals surface area contributed by atoms with E-state index in [0.29, 0.717) is 0 Å². The summed E-state index contributed by atoms with van der Waals surface area (Å²) in [6.07, 6.45) is 7.93. The number of nitrogens with zero attached hydrogens (tertiary/aromatic N) is 2. The molecule has 1 aromatic carbocycles. The van der Waals surface area contributed by atoms with Crippen LogP contribution in [0.1, 0.15) is 22.8 Å². The fourth-order valence-electron chi connectivity index (χ4n) is 3.91. The van der Waals surface area contributed by atoms with E-state index < -0.39 is 0 Å². The van der Waals surface area contributed by atoms with E-state index in [1.807, 2.05) is 72.8 Å². The van der Waals surface area contributed by atoms with E-state index in [9.17, 15) is 4.39 Å². The maximum Gasteiger partial charge on any atom is 0.123 e. The van der Waals surface area contributed by atoms with Gasteiger partial charge in [0.2, 0.25) is 0 Å². The molecule has 0 aliphatic carbocycles. The Labute approximate surface area is 197 Å². The number of aromatic amines is 2. The van der Waals surface area contributed by atoms with E-state index in [1.165, 1.54) is 6.07 Å². The molecule has 0 spiro atoms. The average Bonchev–Trinajstić information content (AvgIpc) is 3.53. The summed E-state index contributed by atoms with van der Waals surface area (Å²) in [5.41, 5.74) is 8.87. The predicted molar refractivity (Wildman–Crippen MR) is 124 cm³/mol. The van der Waals surface area contributed by atoms with Crippen molar-refractivity contribution in [3.05, 3.63) is 95.3 Å². The van der Waals surface area contributed by atoms with Gasteiger partial charge in [-0.2, -0.15) is 0 Å². The summed E-state index contributed by atoms with van der Waals surface area (Å²) in [5, 5.41) is 0. The van der Waals surface area contributed by atoms with Crippen LogP contribution in [0.4, 0.5) is 4.39 Å². The van der Waals surface area contributed by atoms with E-state index in [2.05, 4.69) is 9.97 Å². The van der Waals surface area contributed by atoms with Crippen molar-refractivity contribution in [1.29, 1.82) is 0 Å². The maximum absolute atomic E-state index is 13.9. The first kappa shape index (κ1) is 20.3. The van der Waals surface area contributed by atoms with Crippen LogP contribution in [0, 0.1) is 5.82 Å². The SMILES string of the molecule is Fc1cccc(-c2cc3cc4nc(cc5ccc(cc6nc(cc2[nH]3)C=C6)[nH]5)C=C4)c1.[Pt]. The second-order valence-corrected chi connectivity index (χ2v) is 7.60. The van der Waals surface area contributed by atoms with Crippen LogP contribution in [0.25, 0.3) is 57.5 Å². The summed E-state index contributed by atoms with van der Waals surface area (Å²) >= 11 is 0. The van der Waals surface area contributed by atoms with E-state index in [-0.39, 0.29) is 26.9 Å². The van der Waals surface area contributed by atoms with Crippen molar-refractivity contribution in [1.82, 2.24) is 19.9 Å². The third-order valence-corrected chi connectivity index (χ3v) is 5.30. The van der Waals surface area contributed by atoms with Gasteiger partial charge in [0, 0.05) is 48.7 Å². The van der Waals surface area contributed by atoms with Gasteiger partial charge in [-0.05, 0) is 84.5 Å². The third-order valence-electron chi connectivity index (χ3n) is 5.30. The van der Waals surface area contributed by atoms with E-state index >= 15 is 0 Å². The molecule has 0 amide bonds. The summed E-state index contributed by atoms with van der Waals surface area (Å²) in [6.45, 7) is 0. The number of halogens is 1. The largest absolute Gasteiger partial charge is 0.355 e. The minimum atomic E-state index is -0.264. The van der Waals surface area contributed by atoms with Crippen LogP contribution in [0.15, 0.2) is 66.7 Å². The first-order valence-electron chi connectivity index (χ1n) is 10.0. The van der Waals surface area contributed by atoms with Gasteiger partial charge in [0.15, 0.2) is 0 Å². The van der Waals surface area contributed by atoms with Crippen LogP contribution in [0.3, 0.4) is 0 Å². The first-order valence-corrected chi connectivity index (χ1v) is 10.0. The number of hydrogen-bond donors (Lipinski definition) is 2. The molecule has 6 heteroatoms. The average molecular weight is 600 g/mol. The molecule has 0 saturated carbocycles. The van der Waals surface area contributed by atoms with Crippen LogP contribution in [-0.4, -0.2) is 19.9 Å². The Bertz CT molecular complexity index is 1560. The van der Waals surface area contributed by atoms with Crippen molar-refractivity contribution < 1.29 is 25.5 Å². The second kappa shape index (κ2) is 8.17. The maximum atomic E-state index is 13.9. The van der Waals surface area contributed by atoms with Crippen LogP contribution in [0.5, 0.6) is 0 Å². The number of fused-ring (bicyclic) bond motifs is 8. The topological polar surface area (TPSA) is 57.4 Å². The Balaban J connectivity index is 0.00000216. The van der Waals surface area contributed by atoms with Gasteiger partial charge < -0.3 is 9.97 Å². The zero-order chi connectivity index (χ0) is 20.8. The number of hydrogen-bond acceptors (Lipinski definition) is 2. The smallest absolute Gasteiger partial charge is 0.123 e. The van der Waals surface area contributed by atoms with Gasteiger partial charge in [-0.25, -0.2) is 14.4 Å². The van der Waals surface area contributed by atoms with Gasteiger partial charge in [-0.1, -0.05) is 12.1 Å². The summed E-state index contributed by atoms with van der Waals surface area (Å²) in [6, 6.07) is 20.7. The Morgan fingerprint density at radius 3 is 1.81 bits per heavy atom. The third kappa shape index (κ3) is 4.00. The molecule has 0 radical (unpaired) electrons. The summed E-state index contributed by atoms with van der Waals surface area (Å²) < 4.78 is 13.9. The van der Waals surface area contributed by atoms with Crippen LogP contribution >= 0.6 is 0 Å². The molecule has 0 fully saturated rings. The predicted octanol–water partition coefficient (Wildman–Crippen LogP) is 6.46. The van der Waals surface area contributed by atoms with E-state index in [0.717, 1.165) is 56.0 Å². The molecule has 0 atom stereocenters. The minimum absolute atomic E-state index is 0. The van der Waals surface area contributed by atoms with Gasteiger partial charge in [0.1, 0.15) is 5.82 Å². The monoisotopic (exact) mass is 599 g/mol. The zero-order valence-electron chi connectivity index (χ0n) is 16.7. The fraction of sp³-hybridized carbons (Fsp3) is 0. The molecule has 4 aromatic rings. The summed E-state index contributed by atoms with van der Waals surface area (Å²) in [7, 11) is 0. The number of rotatable bonds is 1. The molecule has 5 heterocycles. The van der Waals surface area contributed by atoms with Crippen molar-refractivity contribution in [2.75, 3.05) is 0 Å². The molecule has 2 aliphatic rings. The molecular weight excluding hydrogens is 582 g/mol. The molecule has 4 nitrogen and oxygen atoms in total. The Morgan fingerprint density at radius 1 is 0.594 bits per heavy atom. The number of H-pyrrole nitrogens is 2. The van der Waals surface area contributed by atoms with Gasteiger partial charge in [0.05, 0.1) is 22.8 Å².